The van der Waals surface area contributed by atoms with Crippen molar-refractivity contribution in [1.29, 1.82) is 0 Å². The van der Waals surface area contributed by atoms with Crippen molar-refractivity contribution in [2.45, 2.75) is 19.4 Å². The van der Waals surface area contributed by atoms with Gasteiger partial charge < -0.3 is 15.8 Å². The molecule has 1 saturated heterocycles. The number of methoxy groups -OCH3 is 1. The van der Waals surface area contributed by atoms with Crippen LogP contribution in [0.15, 0.2) is 18.2 Å². The van der Waals surface area contributed by atoms with E-state index >= 15 is 0 Å². The van der Waals surface area contributed by atoms with E-state index in [1.54, 1.807) is 26.2 Å². The normalized spacial score (nSPS) is 22.1. The SMILES string of the molecule is COc1ccc(C2(C)NC(=O)N(CCN)C2=O)cc1C. The summed E-state index contributed by atoms with van der Waals surface area (Å²) in [6.07, 6.45) is 0. The van der Waals surface area contributed by atoms with Gasteiger partial charge in [-0.15, -0.1) is 0 Å². The van der Waals surface area contributed by atoms with Crippen LogP contribution < -0.4 is 15.8 Å². The van der Waals surface area contributed by atoms with Gasteiger partial charge in [0.2, 0.25) is 0 Å². The van der Waals surface area contributed by atoms with Gasteiger partial charge in [0.05, 0.1) is 7.11 Å². The lowest BCUT2D eigenvalue weighted by molar-refractivity contribution is -0.131. The highest BCUT2D eigenvalue weighted by Crippen LogP contribution is 2.31. The van der Waals surface area contributed by atoms with E-state index in [0.29, 0.717) is 0 Å². The van der Waals surface area contributed by atoms with Crippen LogP contribution in [0.4, 0.5) is 4.79 Å². The fourth-order valence-electron chi connectivity index (χ4n) is 2.41. The van der Waals surface area contributed by atoms with Gasteiger partial charge >= 0.3 is 6.03 Å². The van der Waals surface area contributed by atoms with E-state index in [0.717, 1.165) is 21.8 Å². The second-order valence-corrected chi connectivity index (χ2v) is 4.99. The van der Waals surface area contributed by atoms with Gasteiger partial charge in [0.25, 0.3) is 5.91 Å². The number of nitrogens with one attached hydrogen (secondary N) is 1. The monoisotopic (exact) mass is 277 g/mol. The summed E-state index contributed by atoms with van der Waals surface area (Å²) in [5.41, 5.74) is 6.02. The van der Waals surface area contributed by atoms with Gasteiger partial charge in [-0.25, -0.2) is 4.79 Å². The van der Waals surface area contributed by atoms with Crippen LogP contribution in [0.1, 0.15) is 18.1 Å². The number of imide groups is 1. The van der Waals surface area contributed by atoms with Crippen LogP contribution in [0.3, 0.4) is 0 Å². The van der Waals surface area contributed by atoms with Crippen molar-refractivity contribution in [3.8, 4) is 5.75 Å². The van der Waals surface area contributed by atoms with E-state index in [-0.39, 0.29) is 19.0 Å². The molecule has 0 spiro atoms. The van der Waals surface area contributed by atoms with Crippen molar-refractivity contribution in [2.75, 3.05) is 20.2 Å². The Hall–Kier alpha value is -2.08. The van der Waals surface area contributed by atoms with Crippen molar-refractivity contribution in [3.63, 3.8) is 0 Å². The van der Waals surface area contributed by atoms with Crippen LogP contribution in [0, 0.1) is 6.92 Å². The standard InChI is InChI=1S/C14H19N3O3/c1-9-8-10(4-5-11(9)20-3)14(2)12(18)17(7-6-15)13(19)16-14/h4-5,8H,6-7,15H2,1-3H3,(H,16,19). The highest BCUT2D eigenvalue weighted by atomic mass is 16.5. The minimum Gasteiger partial charge on any atom is -0.496 e. The maximum atomic E-state index is 12.4. The molecular weight excluding hydrogens is 258 g/mol. The zero-order chi connectivity index (χ0) is 14.9. The smallest absolute Gasteiger partial charge is 0.325 e. The Balaban J connectivity index is 2.39. The number of carbonyl (C=O) groups excluding carboxylic acids is 2. The first-order chi connectivity index (χ1) is 9.43. The third-order valence-corrected chi connectivity index (χ3v) is 3.60. The van der Waals surface area contributed by atoms with Crippen LogP contribution in [0.25, 0.3) is 0 Å². The Labute approximate surface area is 117 Å². The number of benzene rings is 1. The summed E-state index contributed by atoms with van der Waals surface area (Å²) < 4.78 is 5.20. The van der Waals surface area contributed by atoms with Gasteiger partial charge in [-0.2, -0.15) is 0 Å². The maximum absolute atomic E-state index is 12.4. The Morgan fingerprint density at radius 1 is 1.40 bits per heavy atom. The molecule has 1 unspecified atom stereocenters. The molecule has 1 aromatic carbocycles. The van der Waals surface area contributed by atoms with Crippen LogP contribution in [0.5, 0.6) is 5.75 Å². The van der Waals surface area contributed by atoms with Gasteiger partial charge in [0.1, 0.15) is 11.3 Å². The highest BCUT2D eigenvalue weighted by molar-refractivity contribution is 6.07. The quantitative estimate of drug-likeness (QED) is 0.795. The van der Waals surface area contributed by atoms with Gasteiger partial charge in [0.15, 0.2) is 0 Å². The number of hydrogen-bond donors (Lipinski definition) is 2. The van der Waals surface area contributed by atoms with Gasteiger partial charge in [0, 0.05) is 13.1 Å². The largest absolute Gasteiger partial charge is 0.496 e. The van der Waals surface area contributed by atoms with Crippen LogP contribution in [-0.4, -0.2) is 37.0 Å². The molecule has 0 saturated carbocycles. The number of hydrogen-bond acceptors (Lipinski definition) is 4. The Bertz CT molecular complexity index is 559. The molecule has 6 heteroatoms. The van der Waals surface area contributed by atoms with Crippen LogP contribution in [0.2, 0.25) is 0 Å². The molecule has 6 nitrogen and oxygen atoms in total. The van der Waals surface area contributed by atoms with Crippen molar-refractivity contribution in [1.82, 2.24) is 10.2 Å². The van der Waals surface area contributed by atoms with E-state index < -0.39 is 11.6 Å². The molecule has 0 aliphatic carbocycles. The summed E-state index contributed by atoms with van der Waals surface area (Å²) in [7, 11) is 1.59. The third-order valence-electron chi connectivity index (χ3n) is 3.60. The molecule has 0 radical (unpaired) electrons. The van der Waals surface area contributed by atoms with Crippen molar-refractivity contribution >= 4 is 11.9 Å². The zero-order valence-corrected chi connectivity index (χ0v) is 11.9. The van der Waals surface area contributed by atoms with E-state index in [2.05, 4.69) is 5.32 Å². The molecule has 1 aliphatic rings. The molecular formula is C14H19N3O3. The molecule has 2 rings (SSSR count). The van der Waals surface area contributed by atoms with E-state index in [9.17, 15) is 9.59 Å². The fourth-order valence-corrected chi connectivity index (χ4v) is 2.41. The summed E-state index contributed by atoms with van der Waals surface area (Å²) in [5.74, 6) is 0.463. The van der Waals surface area contributed by atoms with Crippen molar-refractivity contribution < 1.29 is 14.3 Å². The molecule has 1 aromatic rings. The Morgan fingerprint density at radius 2 is 2.10 bits per heavy atom. The van der Waals surface area contributed by atoms with Gasteiger partial charge in [-0.1, -0.05) is 6.07 Å². The minimum atomic E-state index is -1.05. The number of carbonyl (C=O) groups is 2. The minimum absolute atomic E-state index is 0.218. The molecule has 1 atom stereocenters. The summed E-state index contributed by atoms with van der Waals surface area (Å²) >= 11 is 0. The summed E-state index contributed by atoms with van der Waals surface area (Å²) in [4.78, 5) is 25.5. The lowest BCUT2D eigenvalue weighted by atomic mass is 9.90. The molecule has 1 aliphatic heterocycles. The zero-order valence-electron chi connectivity index (χ0n) is 11.9. The average Bonchev–Trinajstić information content (AvgIpc) is 2.64. The Kier molecular flexibility index (Phi) is 3.67. The first-order valence-electron chi connectivity index (χ1n) is 6.43. The number of amides is 3. The summed E-state index contributed by atoms with van der Waals surface area (Å²) in [6.45, 7) is 4.06. The second kappa shape index (κ2) is 5.13. The van der Waals surface area contributed by atoms with Crippen LogP contribution >= 0.6 is 0 Å². The number of nitrogens with zero attached hydrogens (tertiary/aromatic N) is 1. The molecule has 20 heavy (non-hydrogen) atoms. The van der Waals surface area contributed by atoms with E-state index in [1.165, 1.54) is 0 Å². The van der Waals surface area contributed by atoms with Gasteiger partial charge in [-0.3, -0.25) is 9.69 Å². The fraction of sp³-hybridized carbons (Fsp3) is 0.429. The molecule has 1 fully saturated rings. The number of ether oxygens (including phenoxy) is 1. The maximum Gasteiger partial charge on any atom is 0.325 e. The molecule has 1 heterocycles. The van der Waals surface area contributed by atoms with E-state index in [1.807, 2.05) is 13.0 Å². The first-order valence-corrected chi connectivity index (χ1v) is 6.43. The molecule has 0 aromatic heterocycles. The lowest BCUT2D eigenvalue weighted by Crippen LogP contribution is -2.41. The van der Waals surface area contributed by atoms with Gasteiger partial charge in [-0.05, 0) is 37.1 Å². The van der Waals surface area contributed by atoms with E-state index in [4.69, 9.17) is 10.5 Å². The lowest BCUT2D eigenvalue weighted by Gasteiger charge is -2.23. The number of urea groups is 1. The predicted molar refractivity (Wildman–Crippen MR) is 74.4 cm³/mol. The topological polar surface area (TPSA) is 84.7 Å². The number of aryl methyl sites for hydroxylation is 1. The number of nitrogens with two attached hydrogens (primary N) is 1. The third kappa shape index (κ3) is 2.12. The first kappa shape index (κ1) is 14.3. The van der Waals surface area contributed by atoms with Crippen molar-refractivity contribution in [2.24, 2.45) is 5.73 Å². The summed E-state index contributed by atoms with van der Waals surface area (Å²) in [6, 6.07) is 5.02. The molecule has 0 bridgehead atoms. The average molecular weight is 277 g/mol. The molecule has 3 N–H and O–H groups in total. The highest BCUT2D eigenvalue weighted by Gasteiger charge is 2.48. The number of rotatable bonds is 4. The van der Waals surface area contributed by atoms with Crippen molar-refractivity contribution in [3.05, 3.63) is 29.3 Å². The molecule has 108 valence electrons. The van der Waals surface area contributed by atoms with Crippen LogP contribution in [-0.2, 0) is 10.3 Å². The Morgan fingerprint density at radius 3 is 2.65 bits per heavy atom. The second-order valence-electron chi connectivity index (χ2n) is 4.99. The summed E-state index contributed by atoms with van der Waals surface area (Å²) in [5, 5.41) is 2.74. The molecule has 3 amide bonds. The predicted octanol–water partition coefficient (Wildman–Crippen LogP) is 0.729.